The molecule has 6 heteroatoms. The zero-order valence-electron chi connectivity index (χ0n) is 11.8. The van der Waals surface area contributed by atoms with E-state index in [-0.39, 0.29) is 6.04 Å². The predicted molar refractivity (Wildman–Crippen MR) is 89.0 cm³/mol. The summed E-state index contributed by atoms with van der Waals surface area (Å²) in [7, 11) is 1.66. The highest BCUT2D eigenvalue weighted by atomic mass is 79.9. The Morgan fingerprint density at radius 3 is 2.86 bits per heavy atom. The normalized spacial score (nSPS) is 12.7. The first-order valence-corrected chi connectivity index (χ1v) is 8.33. The van der Waals surface area contributed by atoms with E-state index in [1.807, 2.05) is 11.6 Å². The number of ether oxygens (including phenoxy) is 1. The second-order valence-corrected chi connectivity index (χ2v) is 6.57. The Morgan fingerprint density at radius 2 is 2.14 bits per heavy atom. The zero-order chi connectivity index (χ0) is 14.8. The Morgan fingerprint density at radius 1 is 1.38 bits per heavy atom. The molecule has 0 radical (unpaired) electrons. The van der Waals surface area contributed by atoms with Gasteiger partial charge in [-0.1, -0.05) is 28.1 Å². The molecule has 110 valence electrons. The summed E-state index contributed by atoms with van der Waals surface area (Å²) in [6.45, 7) is 2.86. The van der Waals surface area contributed by atoms with Crippen molar-refractivity contribution in [2.45, 2.75) is 19.5 Å². The molecule has 0 saturated carbocycles. The van der Waals surface area contributed by atoms with Crippen molar-refractivity contribution < 1.29 is 4.74 Å². The third-order valence-electron chi connectivity index (χ3n) is 3.46. The number of hydrogen-bond donors (Lipinski definition) is 1. The average Bonchev–Trinajstić information content (AvgIpc) is 3.06. The number of benzene rings is 1. The Bertz CT molecular complexity index is 735. The number of methoxy groups -OCH3 is 1. The van der Waals surface area contributed by atoms with Gasteiger partial charge in [-0.3, -0.25) is 4.40 Å². The van der Waals surface area contributed by atoms with Gasteiger partial charge in [0.1, 0.15) is 5.69 Å². The lowest BCUT2D eigenvalue weighted by Gasteiger charge is -2.14. The average molecular weight is 366 g/mol. The number of imidazole rings is 1. The molecule has 4 nitrogen and oxygen atoms in total. The second-order valence-electron chi connectivity index (χ2n) is 4.78. The molecule has 3 rings (SSSR count). The number of rotatable bonds is 5. The van der Waals surface area contributed by atoms with Gasteiger partial charge in [-0.2, -0.15) is 4.98 Å². The Labute approximate surface area is 135 Å². The van der Waals surface area contributed by atoms with Gasteiger partial charge >= 0.3 is 0 Å². The summed E-state index contributed by atoms with van der Waals surface area (Å²) < 4.78 is 8.54. The van der Waals surface area contributed by atoms with E-state index >= 15 is 0 Å². The van der Waals surface area contributed by atoms with Gasteiger partial charge in [-0.15, -0.1) is 11.3 Å². The molecule has 0 aliphatic carbocycles. The van der Waals surface area contributed by atoms with Crippen LogP contribution in [0.5, 0.6) is 5.88 Å². The van der Waals surface area contributed by atoms with E-state index in [4.69, 9.17) is 4.74 Å². The number of aromatic nitrogens is 2. The van der Waals surface area contributed by atoms with Crippen molar-refractivity contribution >= 4 is 32.2 Å². The lowest BCUT2D eigenvalue weighted by molar-refractivity contribution is 0.391. The van der Waals surface area contributed by atoms with E-state index in [1.54, 1.807) is 18.4 Å². The molecule has 0 amide bonds. The van der Waals surface area contributed by atoms with Crippen LogP contribution >= 0.6 is 27.3 Å². The molecule has 1 atom stereocenters. The molecule has 1 aromatic carbocycles. The minimum atomic E-state index is 0.256. The van der Waals surface area contributed by atoms with Gasteiger partial charge in [0.2, 0.25) is 5.88 Å². The van der Waals surface area contributed by atoms with Crippen molar-refractivity contribution in [1.82, 2.24) is 14.7 Å². The summed E-state index contributed by atoms with van der Waals surface area (Å²) >= 11 is 5.07. The summed E-state index contributed by atoms with van der Waals surface area (Å²) in [5.74, 6) is 0.692. The fourth-order valence-electron chi connectivity index (χ4n) is 2.26. The quantitative estimate of drug-likeness (QED) is 0.741. The molecule has 2 heterocycles. The number of thiazole rings is 1. The maximum atomic E-state index is 5.37. The molecule has 0 aliphatic heterocycles. The molecule has 0 spiro atoms. The molecule has 1 unspecified atom stereocenters. The van der Waals surface area contributed by atoms with Crippen molar-refractivity contribution in [2.24, 2.45) is 0 Å². The van der Waals surface area contributed by atoms with Crippen LogP contribution < -0.4 is 10.1 Å². The number of halogens is 1. The Balaban J connectivity index is 1.76. The monoisotopic (exact) mass is 365 g/mol. The molecular weight excluding hydrogens is 350 g/mol. The van der Waals surface area contributed by atoms with Crippen LogP contribution in [0.25, 0.3) is 4.96 Å². The molecule has 0 bridgehead atoms. The van der Waals surface area contributed by atoms with Crippen LogP contribution in [0.3, 0.4) is 0 Å². The van der Waals surface area contributed by atoms with Crippen LogP contribution in [0.1, 0.15) is 24.2 Å². The van der Waals surface area contributed by atoms with Crippen LogP contribution in [0.4, 0.5) is 0 Å². The first kappa shape index (κ1) is 14.6. The lowest BCUT2D eigenvalue weighted by atomic mass is 10.1. The van der Waals surface area contributed by atoms with E-state index in [0.29, 0.717) is 12.4 Å². The van der Waals surface area contributed by atoms with Gasteiger partial charge in [0, 0.05) is 28.6 Å². The fourth-order valence-corrected chi connectivity index (χ4v) is 3.24. The highest BCUT2D eigenvalue weighted by Crippen LogP contribution is 2.24. The summed E-state index contributed by atoms with van der Waals surface area (Å²) in [6, 6.07) is 8.62. The number of nitrogens with one attached hydrogen (secondary N) is 1. The highest BCUT2D eigenvalue weighted by Gasteiger charge is 2.14. The van der Waals surface area contributed by atoms with Crippen LogP contribution in [0, 0.1) is 0 Å². The van der Waals surface area contributed by atoms with E-state index in [2.05, 4.69) is 61.8 Å². The number of hydrogen-bond acceptors (Lipinski definition) is 4. The highest BCUT2D eigenvalue weighted by molar-refractivity contribution is 9.10. The van der Waals surface area contributed by atoms with Crippen molar-refractivity contribution in [3.63, 3.8) is 0 Å². The van der Waals surface area contributed by atoms with Gasteiger partial charge in [-0.05, 0) is 24.6 Å². The second kappa shape index (κ2) is 6.17. The standard InChI is InChI=1S/C15H16BrN3OS/c1-10(11-3-5-12(16)6-4-11)17-9-13-14(20-2)18-15-19(13)7-8-21-15/h3-8,10,17H,9H2,1-2H3. The van der Waals surface area contributed by atoms with E-state index in [1.165, 1.54) is 5.56 Å². The third-order valence-corrected chi connectivity index (χ3v) is 4.75. The summed E-state index contributed by atoms with van der Waals surface area (Å²) in [5, 5.41) is 5.56. The van der Waals surface area contributed by atoms with Gasteiger partial charge in [0.15, 0.2) is 4.96 Å². The number of nitrogens with zero attached hydrogens (tertiary/aromatic N) is 2. The van der Waals surface area contributed by atoms with Crippen LogP contribution in [-0.2, 0) is 6.54 Å². The van der Waals surface area contributed by atoms with Crippen LogP contribution in [0.15, 0.2) is 40.3 Å². The summed E-state index contributed by atoms with van der Waals surface area (Å²) in [6.07, 6.45) is 2.02. The molecule has 0 saturated heterocycles. The topological polar surface area (TPSA) is 38.6 Å². The van der Waals surface area contributed by atoms with E-state index in [9.17, 15) is 0 Å². The zero-order valence-corrected chi connectivity index (χ0v) is 14.2. The van der Waals surface area contributed by atoms with E-state index in [0.717, 1.165) is 15.1 Å². The first-order valence-electron chi connectivity index (χ1n) is 6.66. The van der Waals surface area contributed by atoms with E-state index < -0.39 is 0 Å². The molecule has 1 N–H and O–H groups in total. The van der Waals surface area contributed by atoms with Gasteiger partial charge in [0.25, 0.3) is 0 Å². The maximum Gasteiger partial charge on any atom is 0.237 e. The van der Waals surface area contributed by atoms with Crippen molar-refractivity contribution in [3.8, 4) is 5.88 Å². The van der Waals surface area contributed by atoms with Crippen LogP contribution in [-0.4, -0.2) is 16.5 Å². The fraction of sp³-hybridized carbons (Fsp3) is 0.267. The van der Waals surface area contributed by atoms with Gasteiger partial charge in [0.05, 0.1) is 7.11 Å². The van der Waals surface area contributed by atoms with Crippen molar-refractivity contribution in [3.05, 3.63) is 51.6 Å². The smallest absolute Gasteiger partial charge is 0.237 e. The largest absolute Gasteiger partial charge is 0.480 e. The molecule has 2 aromatic heterocycles. The molecule has 21 heavy (non-hydrogen) atoms. The molecular formula is C15H16BrN3OS. The van der Waals surface area contributed by atoms with Gasteiger partial charge < -0.3 is 10.1 Å². The molecule has 0 aliphatic rings. The van der Waals surface area contributed by atoms with Crippen molar-refractivity contribution in [2.75, 3.05) is 7.11 Å². The Kier molecular flexibility index (Phi) is 4.28. The Hall–Kier alpha value is -1.37. The summed E-state index contributed by atoms with van der Waals surface area (Å²) in [4.78, 5) is 5.42. The lowest BCUT2D eigenvalue weighted by Crippen LogP contribution is -2.19. The van der Waals surface area contributed by atoms with Crippen LogP contribution in [0.2, 0.25) is 0 Å². The number of fused-ring (bicyclic) bond motifs is 1. The minimum Gasteiger partial charge on any atom is -0.480 e. The van der Waals surface area contributed by atoms with Gasteiger partial charge in [-0.25, -0.2) is 0 Å². The maximum absolute atomic E-state index is 5.37. The molecule has 0 fully saturated rings. The minimum absolute atomic E-state index is 0.256. The molecule has 3 aromatic rings. The van der Waals surface area contributed by atoms with Crippen molar-refractivity contribution in [1.29, 1.82) is 0 Å². The third kappa shape index (κ3) is 2.97. The SMILES string of the molecule is COc1nc2sccn2c1CNC(C)c1ccc(Br)cc1. The summed E-state index contributed by atoms with van der Waals surface area (Å²) in [5.41, 5.74) is 2.31. The predicted octanol–water partition coefficient (Wildman–Crippen LogP) is 4.02. The first-order chi connectivity index (χ1) is 10.2.